The summed E-state index contributed by atoms with van der Waals surface area (Å²) in [6.07, 6.45) is 63.1. The minimum atomic E-state index is -1.57. The molecule has 6 N–H and O–H groups in total. The number of carbonyl (C=O) groups excluding carboxylic acids is 1. The number of allylic oxidation sites excluding steroid dienone is 15. The molecular weight excluding hydrogens is 863 g/mol. The summed E-state index contributed by atoms with van der Waals surface area (Å²) in [5.74, 6) is -0.187. The maximum atomic E-state index is 13.0. The lowest BCUT2D eigenvalue weighted by molar-refractivity contribution is -0.302. The van der Waals surface area contributed by atoms with Crippen LogP contribution in [-0.4, -0.2) is 87.5 Å². The van der Waals surface area contributed by atoms with Crippen LogP contribution in [0.3, 0.4) is 0 Å². The summed E-state index contributed by atoms with van der Waals surface area (Å²) in [4.78, 5) is 13.0. The molecule has 1 amide bonds. The zero-order valence-corrected chi connectivity index (χ0v) is 43.8. The molecule has 9 nitrogen and oxygen atoms in total. The second-order valence-corrected chi connectivity index (χ2v) is 19.0. The standard InChI is InChI=1S/C60H103NO8/c1-3-5-7-9-11-13-15-17-19-20-21-22-23-24-25-26-27-28-29-30-31-32-33-34-36-38-40-42-44-46-48-50-56(64)61-53(52-68-60-59(67)58(66)57(65)55(51-62)69-60)54(63)49-47-45-43-41-39-37-35-18-16-14-12-10-8-6-4-2/h5,7,11,13,17,19,21-22,24-25,27-28,30-31,47,49,53-55,57-60,62-63,65-67H,3-4,6,8-10,12,14-16,18,20,23,26,29,32-46,48,50-52H2,1-2H3,(H,61,64)/b7-5-,13-11-,19-17-,22-21-,25-24-,28-27-,31-30-,49-47+. The van der Waals surface area contributed by atoms with Gasteiger partial charge in [0, 0.05) is 6.42 Å². The number of nitrogens with one attached hydrogen (secondary N) is 1. The summed E-state index contributed by atoms with van der Waals surface area (Å²) in [5.41, 5.74) is 0. The molecule has 1 aliphatic heterocycles. The van der Waals surface area contributed by atoms with Crippen LogP contribution in [0, 0.1) is 0 Å². The van der Waals surface area contributed by atoms with Gasteiger partial charge in [-0.3, -0.25) is 4.79 Å². The van der Waals surface area contributed by atoms with Crippen molar-refractivity contribution in [2.45, 2.75) is 262 Å². The van der Waals surface area contributed by atoms with Crippen LogP contribution in [-0.2, 0) is 14.3 Å². The van der Waals surface area contributed by atoms with Gasteiger partial charge in [-0.2, -0.15) is 0 Å². The van der Waals surface area contributed by atoms with E-state index in [1.807, 2.05) is 6.08 Å². The number of amides is 1. The van der Waals surface area contributed by atoms with Gasteiger partial charge in [0.2, 0.25) is 5.91 Å². The fourth-order valence-electron chi connectivity index (χ4n) is 8.25. The number of ether oxygens (including phenoxy) is 2. The van der Waals surface area contributed by atoms with Crippen LogP contribution < -0.4 is 5.32 Å². The van der Waals surface area contributed by atoms with Crippen molar-refractivity contribution in [2.24, 2.45) is 0 Å². The van der Waals surface area contributed by atoms with Crippen LogP contribution in [0.4, 0.5) is 0 Å². The number of hydrogen-bond acceptors (Lipinski definition) is 8. The molecule has 1 fully saturated rings. The zero-order valence-electron chi connectivity index (χ0n) is 43.8. The van der Waals surface area contributed by atoms with Gasteiger partial charge in [-0.15, -0.1) is 0 Å². The second kappa shape index (κ2) is 48.7. The van der Waals surface area contributed by atoms with E-state index in [4.69, 9.17) is 9.47 Å². The molecular formula is C60H103NO8. The largest absolute Gasteiger partial charge is 0.394 e. The molecule has 1 rings (SSSR count). The summed E-state index contributed by atoms with van der Waals surface area (Å²) in [7, 11) is 0. The highest BCUT2D eigenvalue weighted by Gasteiger charge is 2.44. The van der Waals surface area contributed by atoms with Crippen LogP contribution in [0.1, 0.15) is 219 Å². The van der Waals surface area contributed by atoms with Crippen LogP contribution >= 0.6 is 0 Å². The third-order valence-electron chi connectivity index (χ3n) is 12.7. The number of carbonyl (C=O) groups is 1. The normalized spacial score (nSPS) is 20.2. The fraction of sp³-hybridized carbons (Fsp3) is 0.717. The average Bonchev–Trinajstić information content (AvgIpc) is 3.35. The summed E-state index contributed by atoms with van der Waals surface area (Å²) >= 11 is 0. The first kappa shape index (κ1) is 64.1. The van der Waals surface area contributed by atoms with Gasteiger partial charge in [0.25, 0.3) is 0 Å². The van der Waals surface area contributed by atoms with Crippen molar-refractivity contribution in [3.05, 3.63) is 97.2 Å². The smallest absolute Gasteiger partial charge is 0.220 e. The van der Waals surface area contributed by atoms with Gasteiger partial charge in [-0.05, 0) is 77.0 Å². The molecule has 0 aromatic rings. The minimum Gasteiger partial charge on any atom is -0.394 e. The van der Waals surface area contributed by atoms with Gasteiger partial charge in [0.15, 0.2) is 6.29 Å². The van der Waals surface area contributed by atoms with Crippen molar-refractivity contribution in [3.63, 3.8) is 0 Å². The topological polar surface area (TPSA) is 149 Å². The lowest BCUT2D eigenvalue weighted by Gasteiger charge is -2.40. The molecule has 396 valence electrons. The highest BCUT2D eigenvalue weighted by molar-refractivity contribution is 5.76. The van der Waals surface area contributed by atoms with E-state index in [0.29, 0.717) is 6.42 Å². The lowest BCUT2D eigenvalue weighted by Crippen LogP contribution is -2.60. The first-order valence-corrected chi connectivity index (χ1v) is 28.0. The highest BCUT2D eigenvalue weighted by Crippen LogP contribution is 2.23. The molecule has 7 unspecified atom stereocenters. The molecule has 1 aliphatic rings. The fourth-order valence-corrected chi connectivity index (χ4v) is 8.25. The Morgan fingerprint density at radius 1 is 0.507 bits per heavy atom. The van der Waals surface area contributed by atoms with Gasteiger partial charge in [0.05, 0.1) is 25.4 Å². The molecule has 69 heavy (non-hydrogen) atoms. The van der Waals surface area contributed by atoms with Crippen molar-refractivity contribution < 1.29 is 39.8 Å². The monoisotopic (exact) mass is 966 g/mol. The molecule has 0 aromatic heterocycles. The number of aliphatic hydroxyl groups is 5. The van der Waals surface area contributed by atoms with Gasteiger partial charge in [-0.25, -0.2) is 0 Å². The Balaban J connectivity index is 2.22. The summed E-state index contributed by atoms with van der Waals surface area (Å²) in [6.45, 7) is 3.65. The Bertz CT molecular complexity index is 1400. The first-order valence-electron chi connectivity index (χ1n) is 28.0. The maximum Gasteiger partial charge on any atom is 0.220 e. The molecule has 0 spiro atoms. The van der Waals surface area contributed by atoms with Gasteiger partial charge < -0.3 is 40.3 Å². The third kappa shape index (κ3) is 38.5. The average molecular weight is 966 g/mol. The first-order chi connectivity index (χ1) is 33.8. The SMILES string of the molecule is CC/C=C\C/C=C\C/C=C\C/C=C\C/C=C\C/C=C\C/C=C\CCCCCCCCCCCC(=O)NC(COC1OC(CO)C(O)C(O)C1O)C(O)/C=C/CCCCCCCCCCCCCCC. The van der Waals surface area contributed by atoms with E-state index in [1.54, 1.807) is 6.08 Å². The predicted molar refractivity (Wildman–Crippen MR) is 290 cm³/mol. The maximum absolute atomic E-state index is 13.0. The van der Waals surface area contributed by atoms with E-state index in [-0.39, 0.29) is 12.5 Å². The van der Waals surface area contributed by atoms with Crippen LogP contribution in [0.5, 0.6) is 0 Å². The molecule has 0 bridgehead atoms. The van der Waals surface area contributed by atoms with E-state index < -0.39 is 49.5 Å². The molecule has 1 heterocycles. The number of hydrogen-bond donors (Lipinski definition) is 6. The molecule has 0 aliphatic carbocycles. The van der Waals surface area contributed by atoms with E-state index in [2.05, 4.69) is 104 Å². The number of aliphatic hydroxyl groups excluding tert-OH is 5. The predicted octanol–water partition coefficient (Wildman–Crippen LogP) is 13.6. The second-order valence-electron chi connectivity index (χ2n) is 19.0. The minimum absolute atomic E-state index is 0.187. The lowest BCUT2D eigenvalue weighted by atomic mass is 9.99. The van der Waals surface area contributed by atoms with Crippen LogP contribution in [0.25, 0.3) is 0 Å². The van der Waals surface area contributed by atoms with Crippen LogP contribution in [0.15, 0.2) is 97.2 Å². The quantitative estimate of drug-likeness (QED) is 0.0261. The van der Waals surface area contributed by atoms with Gasteiger partial charge in [-0.1, -0.05) is 233 Å². The molecule has 1 saturated heterocycles. The number of unbranched alkanes of at least 4 members (excludes halogenated alkanes) is 22. The summed E-state index contributed by atoms with van der Waals surface area (Å²) in [5, 5.41) is 54.4. The van der Waals surface area contributed by atoms with E-state index in [9.17, 15) is 30.3 Å². The molecule has 7 atom stereocenters. The van der Waals surface area contributed by atoms with Crippen LogP contribution in [0.2, 0.25) is 0 Å². The third-order valence-corrected chi connectivity index (χ3v) is 12.7. The van der Waals surface area contributed by atoms with Crippen molar-refractivity contribution in [2.75, 3.05) is 13.2 Å². The zero-order chi connectivity index (χ0) is 50.1. The Hall–Kier alpha value is -2.89. The van der Waals surface area contributed by atoms with Gasteiger partial charge in [0.1, 0.15) is 24.4 Å². The van der Waals surface area contributed by atoms with E-state index >= 15 is 0 Å². The van der Waals surface area contributed by atoms with E-state index in [1.165, 1.54) is 103 Å². The van der Waals surface area contributed by atoms with Crippen molar-refractivity contribution in [3.8, 4) is 0 Å². The van der Waals surface area contributed by atoms with Crippen molar-refractivity contribution in [1.29, 1.82) is 0 Å². The number of rotatable bonds is 46. The molecule has 0 aromatic carbocycles. The highest BCUT2D eigenvalue weighted by atomic mass is 16.7. The summed E-state index contributed by atoms with van der Waals surface area (Å²) < 4.78 is 11.2. The molecule has 0 radical (unpaired) electrons. The summed E-state index contributed by atoms with van der Waals surface area (Å²) in [6, 6.07) is -0.814. The van der Waals surface area contributed by atoms with Crippen molar-refractivity contribution >= 4 is 5.91 Å². The van der Waals surface area contributed by atoms with Crippen molar-refractivity contribution in [1.82, 2.24) is 5.32 Å². The Morgan fingerprint density at radius 2 is 0.899 bits per heavy atom. The Labute approximate surface area is 422 Å². The Morgan fingerprint density at radius 3 is 1.33 bits per heavy atom. The molecule has 0 saturated carbocycles. The Kier molecular flexibility index (Phi) is 45.3. The van der Waals surface area contributed by atoms with E-state index in [0.717, 1.165) is 96.3 Å². The van der Waals surface area contributed by atoms with Gasteiger partial charge >= 0.3 is 0 Å². The molecule has 9 heteroatoms.